The van der Waals surface area contributed by atoms with E-state index < -0.39 is 0 Å². The number of hydrogen-bond donors (Lipinski definition) is 0. The molecule has 3 heteroatoms. The van der Waals surface area contributed by atoms with Gasteiger partial charge in [0.15, 0.2) is 6.29 Å². The highest BCUT2D eigenvalue weighted by atomic mass is 16.5. The van der Waals surface area contributed by atoms with Gasteiger partial charge in [0.05, 0.1) is 18.8 Å². The standard InChI is InChI=1S/C16H22O3/c1-3-12-5-4-6-15(9-12)19-16-8-7-14(18-2)10-13(16)11-17/h7-8,10-12,15H,3-6,9H2,1-2H3. The molecule has 0 saturated heterocycles. The number of aldehydes is 1. The largest absolute Gasteiger partial charge is 0.497 e. The molecule has 1 fully saturated rings. The maximum absolute atomic E-state index is 11.1. The molecule has 0 radical (unpaired) electrons. The summed E-state index contributed by atoms with van der Waals surface area (Å²) in [6, 6.07) is 5.39. The number of methoxy groups -OCH3 is 1. The monoisotopic (exact) mass is 262 g/mol. The van der Waals surface area contributed by atoms with Crippen LogP contribution >= 0.6 is 0 Å². The molecule has 0 aromatic heterocycles. The second kappa shape index (κ2) is 6.60. The predicted molar refractivity (Wildman–Crippen MR) is 75.0 cm³/mol. The van der Waals surface area contributed by atoms with E-state index in [1.165, 1.54) is 19.3 Å². The second-order valence-corrected chi connectivity index (χ2v) is 5.20. The normalized spacial score (nSPS) is 22.8. The summed E-state index contributed by atoms with van der Waals surface area (Å²) in [7, 11) is 1.59. The topological polar surface area (TPSA) is 35.5 Å². The number of benzene rings is 1. The summed E-state index contributed by atoms with van der Waals surface area (Å²) < 4.78 is 11.1. The summed E-state index contributed by atoms with van der Waals surface area (Å²) in [5.41, 5.74) is 0.568. The average molecular weight is 262 g/mol. The summed E-state index contributed by atoms with van der Waals surface area (Å²) in [5, 5.41) is 0. The van der Waals surface area contributed by atoms with Crippen LogP contribution in [0.2, 0.25) is 0 Å². The van der Waals surface area contributed by atoms with Crippen molar-refractivity contribution < 1.29 is 14.3 Å². The molecule has 2 rings (SSSR count). The lowest BCUT2D eigenvalue weighted by Crippen LogP contribution is -2.25. The molecule has 1 aromatic carbocycles. The Morgan fingerprint density at radius 1 is 1.37 bits per heavy atom. The fourth-order valence-corrected chi connectivity index (χ4v) is 2.75. The van der Waals surface area contributed by atoms with Crippen LogP contribution in [0.5, 0.6) is 11.5 Å². The molecular formula is C16H22O3. The molecule has 1 aromatic rings. The molecule has 1 saturated carbocycles. The van der Waals surface area contributed by atoms with Gasteiger partial charge >= 0.3 is 0 Å². The maximum Gasteiger partial charge on any atom is 0.153 e. The van der Waals surface area contributed by atoms with Crippen molar-refractivity contribution in [3.63, 3.8) is 0 Å². The third-order valence-electron chi connectivity index (χ3n) is 3.95. The van der Waals surface area contributed by atoms with Gasteiger partial charge < -0.3 is 9.47 Å². The third kappa shape index (κ3) is 3.49. The van der Waals surface area contributed by atoms with Gasteiger partial charge in [-0.15, -0.1) is 0 Å². The van der Waals surface area contributed by atoms with Gasteiger partial charge in [-0.05, 0) is 43.4 Å². The Labute approximate surface area is 114 Å². The van der Waals surface area contributed by atoms with Crippen LogP contribution in [0.4, 0.5) is 0 Å². The molecule has 0 spiro atoms. The molecule has 0 aliphatic heterocycles. The molecule has 0 bridgehead atoms. The van der Waals surface area contributed by atoms with Crippen molar-refractivity contribution in [2.45, 2.75) is 45.1 Å². The Hall–Kier alpha value is -1.51. The van der Waals surface area contributed by atoms with E-state index in [-0.39, 0.29) is 6.10 Å². The van der Waals surface area contributed by atoms with Crippen LogP contribution in [0.15, 0.2) is 18.2 Å². The quantitative estimate of drug-likeness (QED) is 0.756. The van der Waals surface area contributed by atoms with E-state index in [0.717, 1.165) is 25.0 Å². The fraction of sp³-hybridized carbons (Fsp3) is 0.562. The summed E-state index contributed by atoms with van der Waals surface area (Å²) in [6.45, 7) is 2.23. The lowest BCUT2D eigenvalue weighted by Gasteiger charge is -2.29. The molecule has 0 N–H and O–H groups in total. The predicted octanol–water partition coefficient (Wildman–Crippen LogP) is 3.86. The van der Waals surface area contributed by atoms with E-state index in [0.29, 0.717) is 17.1 Å². The first kappa shape index (κ1) is 13.9. The van der Waals surface area contributed by atoms with E-state index in [1.807, 2.05) is 12.1 Å². The Kier molecular flexibility index (Phi) is 4.83. The zero-order chi connectivity index (χ0) is 13.7. The second-order valence-electron chi connectivity index (χ2n) is 5.20. The first-order valence-corrected chi connectivity index (χ1v) is 7.06. The molecule has 2 atom stereocenters. The van der Waals surface area contributed by atoms with E-state index >= 15 is 0 Å². The van der Waals surface area contributed by atoms with Gasteiger partial charge in [-0.3, -0.25) is 4.79 Å². The van der Waals surface area contributed by atoms with Gasteiger partial charge in [0.25, 0.3) is 0 Å². The Morgan fingerprint density at radius 2 is 2.21 bits per heavy atom. The van der Waals surface area contributed by atoms with Gasteiger partial charge in [0.1, 0.15) is 11.5 Å². The summed E-state index contributed by atoms with van der Waals surface area (Å²) in [6.07, 6.45) is 6.99. The SMILES string of the molecule is CCC1CCCC(Oc2ccc(OC)cc2C=O)C1. The van der Waals surface area contributed by atoms with E-state index in [1.54, 1.807) is 13.2 Å². The number of hydrogen-bond acceptors (Lipinski definition) is 3. The smallest absolute Gasteiger partial charge is 0.153 e. The summed E-state index contributed by atoms with van der Waals surface area (Å²) >= 11 is 0. The lowest BCUT2D eigenvalue weighted by molar-refractivity contribution is 0.108. The van der Waals surface area contributed by atoms with Gasteiger partial charge in [-0.1, -0.05) is 19.8 Å². The van der Waals surface area contributed by atoms with Gasteiger partial charge in [0, 0.05) is 0 Å². The summed E-state index contributed by atoms with van der Waals surface area (Å²) in [5.74, 6) is 2.12. The van der Waals surface area contributed by atoms with Gasteiger partial charge in [-0.2, -0.15) is 0 Å². The van der Waals surface area contributed by atoms with Crippen LogP contribution in [-0.4, -0.2) is 19.5 Å². The van der Waals surface area contributed by atoms with Crippen LogP contribution in [0.25, 0.3) is 0 Å². The van der Waals surface area contributed by atoms with Crippen LogP contribution < -0.4 is 9.47 Å². The lowest BCUT2D eigenvalue weighted by atomic mass is 9.85. The first-order chi connectivity index (χ1) is 9.26. The van der Waals surface area contributed by atoms with Crippen LogP contribution in [-0.2, 0) is 0 Å². The number of carbonyl (C=O) groups is 1. The average Bonchev–Trinajstić information content (AvgIpc) is 2.48. The molecule has 2 unspecified atom stereocenters. The molecule has 19 heavy (non-hydrogen) atoms. The Bertz CT molecular complexity index is 428. The molecule has 1 aliphatic carbocycles. The van der Waals surface area contributed by atoms with Crippen molar-refractivity contribution in [2.24, 2.45) is 5.92 Å². The van der Waals surface area contributed by atoms with Crippen molar-refractivity contribution in [2.75, 3.05) is 7.11 Å². The van der Waals surface area contributed by atoms with Crippen molar-refractivity contribution in [3.05, 3.63) is 23.8 Å². The first-order valence-electron chi connectivity index (χ1n) is 7.06. The van der Waals surface area contributed by atoms with E-state index in [9.17, 15) is 4.79 Å². The van der Waals surface area contributed by atoms with Crippen molar-refractivity contribution >= 4 is 6.29 Å². The van der Waals surface area contributed by atoms with E-state index in [2.05, 4.69) is 6.92 Å². The minimum atomic E-state index is 0.241. The van der Waals surface area contributed by atoms with Crippen molar-refractivity contribution in [3.8, 4) is 11.5 Å². The molecule has 0 amide bonds. The highest BCUT2D eigenvalue weighted by Gasteiger charge is 2.22. The highest BCUT2D eigenvalue weighted by Crippen LogP contribution is 2.31. The Balaban J connectivity index is 2.07. The van der Waals surface area contributed by atoms with Crippen LogP contribution in [0.3, 0.4) is 0 Å². The van der Waals surface area contributed by atoms with Crippen LogP contribution in [0.1, 0.15) is 49.4 Å². The summed E-state index contributed by atoms with van der Waals surface area (Å²) in [4.78, 5) is 11.1. The minimum Gasteiger partial charge on any atom is -0.497 e. The molecule has 0 heterocycles. The van der Waals surface area contributed by atoms with Gasteiger partial charge in [-0.25, -0.2) is 0 Å². The zero-order valence-corrected chi connectivity index (χ0v) is 11.7. The number of ether oxygens (including phenoxy) is 2. The maximum atomic E-state index is 11.1. The number of carbonyl (C=O) groups excluding carboxylic acids is 1. The van der Waals surface area contributed by atoms with Gasteiger partial charge in [0.2, 0.25) is 0 Å². The van der Waals surface area contributed by atoms with Crippen molar-refractivity contribution in [1.82, 2.24) is 0 Å². The van der Waals surface area contributed by atoms with E-state index in [4.69, 9.17) is 9.47 Å². The molecular weight excluding hydrogens is 240 g/mol. The third-order valence-corrected chi connectivity index (χ3v) is 3.95. The zero-order valence-electron chi connectivity index (χ0n) is 11.7. The highest BCUT2D eigenvalue weighted by molar-refractivity contribution is 5.80. The molecule has 104 valence electrons. The fourth-order valence-electron chi connectivity index (χ4n) is 2.75. The molecule has 1 aliphatic rings. The number of rotatable bonds is 5. The minimum absolute atomic E-state index is 0.241. The molecule has 3 nitrogen and oxygen atoms in total. The Morgan fingerprint density at radius 3 is 2.89 bits per heavy atom. The van der Waals surface area contributed by atoms with Crippen LogP contribution in [0, 0.1) is 5.92 Å². The van der Waals surface area contributed by atoms with Crippen molar-refractivity contribution in [1.29, 1.82) is 0 Å².